The minimum Gasteiger partial charge on any atom is -0.390 e. The van der Waals surface area contributed by atoms with Gasteiger partial charge in [0, 0.05) is 5.25 Å². The smallest absolute Gasteiger partial charge is 0.108 e. The molecule has 0 aromatic carbocycles. The first-order valence-corrected chi connectivity index (χ1v) is 5.68. The molecule has 1 aromatic heterocycles. The molecule has 1 heterocycles. The van der Waals surface area contributed by atoms with Crippen LogP contribution < -0.4 is 0 Å². The average Bonchev–Trinajstić information content (AvgIpc) is 2.52. The summed E-state index contributed by atoms with van der Waals surface area (Å²) in [5.74, 6) is 0. The topological polar surface area (TPSA) is 50.9 Å². The molecule has 4 nitrogen and oxygen atoms in total. The van der Waals surface area contributed by atoms with E-state index in [4.69, 9.17) is 5.11 Å². The molecule has 1 saturated carbocycles. The van der Waals surface area contributed by atoms with Crippen LogP contribution in [0.15, 0.2) is 6.20 Å². The highest BCUT2D eigenvalue weighted by molar-refractivity contribution is 7.99. The molecule has 13 heavy (non-hydrogen) atoms. The molecule has 0 radical (unpaired) electrons. The summed E-state index contributed by atoms with van der Waals surface area (Å²) >= 11 is 1.88. The van der Waals surface area contributed by atoms with E-state index in [9.17, 15) is 0 Å². The first-order valence-electron chi connectivity index (χ1n) is 4.39. The fourth-order valence-electron chi connectivity index (χ4n) is 1.58. The Morgan fingerprint density at radius 1 is 1.69 bits per heavy atom. The Morgan fingerprint density at radius 2 is 2.54 bits per heavy atom. The number of aromatic nitrogens is 3. The Balaban J connectivity index is 2.07. The van der Waals surface area contributed by atoms with E-state index in [1.807, 2.05) is 22.6 Å². The first-order chi connectivity index (χ1) is 6.35. The predicted octanol–water partition coefficient (Wildman–Crippen LogP) is 0.837. The van der Waals surface area contributed by atoms with Gasteiger partial charge in [0.2, 0.25) is 0 Å². The van der Waals surface area contributed by atoms with Crippen molar-refractivity contribution in [1.29, 1.82) is 0 Å². The number of hydrogen-bond acceptors (Lipinski definition) is 4. The third-order valence-electron chi connectivity index (χ3n) is 2.54. The van der Waals surface area contributed by atoms with Crippen LogP contribution in [0.25, 0.3) is 0 Å². The molecule has 0 amide bonds. The van der Waals surface area contributed by atoms with Gasteiger partial charge in [-0.1, -0.05) is 5.21 Å². The molecule has 72 valence electrons. The molecule has 2 unspecified atom stereocenters. The van der Waals surface area contributed by atoms with Crippen molar-refractivity contribution < 1.29 is 5.11 Å². The van der Waals surface area contributed by atoms with Crippen molar-refractivity contribution in [2.45, 2.75) is 30.7 Å². The van der Waals surface area contributed by atoms with Crippen LogP contribution in [0.4, 0.5) is 0 Å². The lowest BCUT2D eigenvalue weighted by molar-refractivity contribution is 0.276. The molecule has 0 bridgehead atoms. The van der Waals surface area contributed by atoms with Gasteiger partial charge in [-0.2, -0.15) is 11.8 Å². The molecule has 5 heteroatoms. The number of thioether (sulfide) groups is 1. The normalized spacial score (nSPS) is 27.2. The Hall–Kier alpha value is -0.550. The Bertz CT molecular complexity index is 287. The van der Waals surface area contributed by atoms with Gasteiger partial charge in [-0.05, 0) is 19.1 Å². The van der Waals surface area contributed by atoms with Crippen molar-refractivity contribution in [3.8, 4) is 0 Å². The van der Waals surface area contributed by atoms with Gasteiger partial charge in [0.15, 0.2) is 0 Å². The Morgan fingerprint density at radius 3 is 3.00 bits per heavy atom. The standard InChI is InChI=1S/C8H13N3OS/c1-13-8-3-2-7(8)11-4-6(5-12)9-10-11/h4,7-8,12H,2-3,5H2,1H3. The average molecular weight is 199 g/mol. The van der Waals surface area contributed by atoms with Crippen LogP contribution in [0.1, 0.15) is 24.6 Å². The first kappa shape index (κ1) is 9.02. The van der Waals surface area contributed by atoms with Crippen LogP contribution >= 0.6 is 11.8 Å². The van der Waals surface area contributed by atoms with Gasteiger partial charge >= 0.3 is 0 Å². The predicted molar refractivity (Wildman–Crippen MR) is 51.5 cm³/mol. The van der Waals surface area contributed by atoms with E-state index in [-0.39, 0.29) is 6.61 Å². The van der Waals surface area contributed by atoms with E-state index in [0.717, 1.165) is 0 Å². The zero-order valence-electron chi connectivity index (χ0n) is 7.55. The van der Waals surface area contributed by atoms with E-state index in [1.54, 1.807) is 0 Å². The summed E-state index contributed by atoms with van der Waals surface area (Å²) < 4.78 is 1.89. The fourth-order valence-corrected chi connectivity index (χ4v) is 2.52. The molecule has 2 atom stereocenters. The van der Waals surface area contributed by atoms with Crippen LogP contribution in [0.3, 0.4) is 0 Å². The fraction of sp³-hybridized carbons (Fsp3) is 0.750. The van der Waals surface area contributed by atoms with Crippen molar-refractivity contribution in [3.05, 3.63) is 11.9 Å². The maximum atomic E-state index is 8.83. The third-order valence-corrected chi connectivity index (χ3v) is 3.69. The van der Waals surface area contributed by atoms with Gasteiger partial charge in [-0.15, -0.1) is 5.10 Å². The molecule has 1 aliphatic carbocycles. The molecule has 0 spiro atoms. The molecule has 1 aliphatic rings. The number of aliphatic hydroxyl groups excluding tert-OH is 1. The Labute approximate surface area is 81.3 Å². The zero-order chi connectivity index (χ0) is 9.26. The second-order valence-electron chi connectivity index (χ2n) is 3.27. The third kappa shape index (κ3) is 1.58. The van der Waals surface area contributed by atoms with Gasteiger partial charge in [0.1, 0.15) is 5.69 Å². The molecule has 1 fully saturated rings. The summed E-state index contributed by atoms with van der Waals surface area (Å²) in [4.78, 5) is 0. The van der Waals surface area contributed by atoms with Crippen LogP contribution in [0.5, 0.6) is 0 Å². The Kier molecular flexibility index (Phi) is 2.55. The highest BCUT2D eigenvalue weighted by Gasteiger charge is 2.32. The summed E-state index contributed by atoms with van der Waals surface area (Å²) in [5, 5.41) is 17.4. The molecule has 1 N–H and O–H groups in total. The molecular weight excluding hydrogens is 186 g/mol. The lowest BCUT2D eigenvalue weighted by Gasteiger charge is -2.34. The second-order valence-corrected chi connectivity index (χ2v) is 4.34. The highest BCUT2D eigenvalue weighted by Crippen LogP contribution is 2.39. The van der Waals surface area contributed by atoms with E-state index in [0.29, 0.717) is 17.0 Å². The SMILES string of the molecule is CSC1CCC1n1cc(CO)nn1. The maximum Gasteiger partial charge on any atom is 0.108 e. The molecule has 1 aromatic rings. The second kappa shape index (κ2) is 3.67. The summed E-state index contributed by atoms with van der Waals surface area (Å²) in [6, 6.07) is 0.489. The summed E-state index contributed by atoms with van der Waals surface area (Å²) in [7, 11) is 0. The molecule has 0 aliphatic heterocycles. The van der Waals surface area contributed by atoms with E-state index in [2.05, 4.69) is 16.6 Å². The summed E-state index contributed by atoms with van der Waals surface area (Å²) in [5.41, 5.74) is 0.659. The van der Waals surface area contributed by atoms with E-state index in [1.165, 1.54) is 12.8 Å². The number of aliphatic hydroxyl groups is 1. The minimum atomic E-state index is -0.0172. The van der Waals surface area contributed by atoms with Crippen LogP contribution in [0.2, 0.25) is 0 Å². The van der Waals surface area contributed by atoms with Crippen LogP contribution in [0, 0.1) is 0 Å². The van der Waals surface area contributed by atoms with Gasteiger partial charge in [-0.3, -0.25) is 0 Å². The van der Waals surface area contributed by atoms with Crippen LogP contribution in [-0.4, -0.2) is 31.6 Å². The van der Waals surface area contributed by atoms with Gasteiger partial charge in [-0.25, -0.2) is 4.68 Å². The number of hydrogen-bond donors (Lipinski definition) is 1. The van der Waals surface area contributed by atoms with Gasteiger partial charge in [0.05, 0.1) is 18.8 Å². The number of nitrogens with zero attached hydrogens (tertiary/aromatic N) is 3. The molecular formula is C8H13N3OS. The van der Waals surface area contributed by atoms with Crippen molar-refractivity contribution in [1.82, 2.24) is 15.0 Å². The maximum absolute atomic E-state index is 8.83. The minimum absolute atomic E-state index is 0.0172. The van der Waals surface area contributed by atoms with Gasteiger partial charge < -0.3 is 5.11 Å². The largest absolute Gasteiger partial charge is 0.390 e. The van der Waals surface area contributed by atoms with Crippen LogP contribution in [-0.2, 0) is 6.61 Å². The lowest BCUT2D eigenvalue weighted by Crippen LogP contribution is -2.31. The van der Waals surface area contributed by atoms with Crippen molar-refractivity contribution in [2.75, 3.05) is 6.26 Å². The lowest BCUT2D eigenvalue weighted by atomic mass is 9.92. The molecule has 2 rings (SSSR count). The van der Waals surface area contributed by atoms with Crippen molar-refractivity contribution >= 4 is 11.8 Å². The zero-order valence-corrected chi connectivity index (χ0v) is 8.37. The summed E-state index contributed by atoms with van der Waals surface area (Å²) in [6.07, 6.45) is 6.41. The monoisotopic (exact) mass is 199 g/mol. The summed E-state index contributed by atoms with van der Waals surface area (Å²) in [6.45, 7) is -0.0172. The quantitative estimate of drug-likeness (QED) is 0.783. The van der Waals surface area contributed by atoms with E-state index >= 15 is 0 Å². The van der Waals surface area contributed by atoms with Crippen molar-refractivity contribution in [3.63, 3.8) is 0 Å². The highest BCUT2D eigenvalue weighted by atomic mass is 32.2. The molecule has 0 saturated heterocycles. The van der Waals surface area contributed by atoms with Gasteiger partial charge in [0.25, 0.3) is 0 Å². The number of rotatable bonds is 3. The van der Waals surface area contributed by atoms with Crippen molar-refractivity contribution in [2.24, 2.45) is 0 Å². The van der Waals surface area contributed by atoms with E-state index < -0.39 is 0 Å².